The van der Waals surface area contributed by atoms with E-state index in [9.17, 15) is 4.79 Å². The van der Waals surface area contributed by atoms with Gasteiger partial charge in [0, 0.05) is 17.2 Å². The van der Waals surface area contributed by atoms with Gasteiger partial charge in [-0.25, -0.2) is 14.8 Å². The van der Waals surface area contributed by atoms with E-state index in [4.69, 9.17) is 19.5 Å². The van der Waals surface area contributed by atoms with Gasteiger partial charge in [0.2, 0.25) is 0 Å². The molecule has 0 radical (unpaired) electrons. The third kappa shape index (κ3) is 4.89. The fourth-order valence-electron chi connectivity index (χ4n) is 3.65. The van der Waals surface area contributed by atoms with E-state index in [1.54, 1.807) is 13.2 Å². The van der Waals surface area contributed by atoms with Crippen LogP contribution in [0.5, 0.6) is 5.75 Å². The number of hydrogen-bond donors (Lipinski definition) is 0. The number of carbonyl (C=O) groups excluding carboxylic acids is 1. The van der Waals surface area contributed by atoms with Crippen molar-refractivity contribution in [2.45, 2.75) is 13.8 Å². The lowest BCUT2D eigenvalue weighted by atomic mass is 9.95. The summed E-state index contributed by atoms with van der Waals surface area (Å²) in [5.41, 5.74) is 6.99. The smallest absolute Gasteiger partial charge is 0.356 e. The minimum absolute atomic E-state index is 0.168. The van der Waals surface area contributed by atoms with Gasteiger partial charge in [0.25, 0.3) is 0 Å². The zero-order valence-corrected chi connectivity index (χ0v) is 19.7. The molecule has 0 N–H and O–H groups in total. The van der Waals surface area contributed by atoms with Crippen LogP contribution in [0, 0.1) is 13.8 Å². The number of pyridine rings is 1. The highest BCUT2D eigenvalue weighted by molar-refractivity contribution is 6.18. The van der Waals surface area contributed by atoms with Crippen molar-refractivity contribution in [1.82, 2.24) is 4.98 Å². The number of esters is 1. The lowest BCUT2D eigenvalue weighted by molar-refractivity contribution is 0.0593. The summed E-state index contributed by atoms with van der Waals surface area (Å²) in [5.74, 6) is -0.0457. The first-order valence-corrected chi connectivity index (χ1v) is 11.0. The van der Waals surface area contributed by atoms with Crippen molar-refractivity contribution in [1.29, 1.82) is 0 Å². The van der Waals surface area contributed by atoms with Crippen LogP contribution in [0.15, 0.2) is 89.9 Å². The summed E-state index contributed by atoms with van der Waals surface area (Å²) in [7, 11) is 2.91. The number of ether oxygens (including phenoxy) is 2. The Kier molecular flexibility index (Phi) is 6.83. The van der Waals surface area contributed by atoms with Gasteiger partial charge in [-0.05, 0) is 26.0 Å². The van der Waals surface area contributed by atoms with Crippen LogP contribution in [-0.2, 0) is 4.74 Å². The Bertz CT molecular complexity index is 1330. The summed E-state index contributed by atoms with van der Waals surface area (Å²) in [6.45, 7) is 4.07. The molecule has 0 saturated heterocycles. The van der Waals surface area contributed by atoms with Crippen molar-refractivity contribution in [3.05, 3.63) is 113 Å². The molecule has 0 bridgehead atoms. The second kappa shape index (κ2) is 10.1. The molecular formula is C29H26N2O3. The molecule has 0 fully saturated rings. The van der Waals surface area contributed by atoms with E-state index in [0.717, 1.165) is 27.9 Å². The average molecular weight is 451 g/mol. The lowest BCUT2D eigenvalue weighted by Crippen LogP contribution is -2.13. The van der Waals surface area contributed by atoms with E-state index in [1.807, 2.05) is 92.7 Å². The van der Waals surface area contributed by atoms with Crippen LogP contribution in [0.3, 0.4) is 0 Å². The number of aliphatic imine (C=N–C) groups is 1. The molecule has 0 spiro atoms. The Balaban J connectivity index is 2.06. The monoisotopic (exact) mass is 450 g/mol. The average Bonchev–Trinajstić information content (AvgIpc) is 2.88. The van der Waals surface area contributed by atoms with Gasteiger partial charge in [0.05, 0.1) is 36.9 Å². The van der Waals surface area contributed by atoms with Gasteiger partial charge in [-0.3, -0.25) is 0 Å². The predicted octanol–water partition coefficient (Wildman–Crippen LogP) is 6.33. The molecule has 34 heavy (non-hydrogen) atoms. The summed E-state index contributed by atoms with van der Waals surface area (Å²) in [5, 5.41) is 0. The number of nitrogens with zero attached hydrogens (tertiary/aromatic N) is 2. The second-order valence-electron chi connectivity index (χ2n) is 7.95. The quantitative estimate of drug-likeness (QED) is 0.254. The van der Waals surface area contributed by atoms with Gasteiger partial charge < -0.3 is 9.47 Å². The second-order valence-corrected chi connectivity index (χ2v) is 7.95. The van der Waals surface area contributed by atoms with Crippen molar-refractivity contribution < 1.29 is 14.3 Å². The third-order valence-electron chi connectivity index (χ3n) is 5.48. The Morgan fingerprint density at radius 1 is 0.824 bits per heavy atom. The normalized spacial score (nSPS) is 11.2. The molecule has 0 aliphatic rings. The fourth-order valence-corrected chi connectivity index (χ4v) is 3.65. The molecule has 1 heterocycles. The SMILES string of the molecule is COC(=O)c1cc(OC)c(C(=Nc2ccc(C)cc2)c2ccccc2)c(-c2ccc(C)cc2)n1. The van der Waals surface area contributed by atoms with E-state index in [-0.39, 0.29) is 5.69 Å². The largest absolute Gasteiger partial charge is 0.496 e. The summed E-state index contributed by atoms with van der Waals surface area (Å²) >= 11 is 0. The van der Waals surface area contributed by atoms with Gasteiger partial charge in [-0.2, -0.15) is 0 Å². The molecule has 0 saturated carbocycles. The minimum Gasteiger partial charge on any atom is -0.496 e. The zero-order chi connectivity index (χ0) is 24.1. The molecule has 0 unspecified atom stereocenters. The number of benzene rings is 3. The van der Waals surface area contributed by atoms with E-state index < -0.39 is 5.97 Å². The van der Waals surface area contributed by atoms with Crippen molar-refractivity contribution in [3.8, 4) is 17.0 Å². The molecule has 170 valence electrons. The highest BCUT2D eigenvalue weighted by Gasteiger charge is 2.24. The minimum atomic E-state index is -0.532. The first-order chi connectivity index (χ1) is 16.5. The first kappa shape index (κ1) is 22.9. The predicted molar refractivity (Wildman–Crippen MR) is 135 cm³/mol. The standard InChI is InChI=1S/C29H26N2O3/c1-19-10-14-22(15-11-19)28-26(25(33-3)18-24(31-28)29(32)34-4)27(21-8-6-5-7-9-21)30-23-16-12-20(2)13-17-23/h5-18H,1-4H3. The molecular weight excluding hydrogens is 424 g/mol. The van der Waals surface area contributed by atoms with E-state index in [2.05, 4.69) is 0 Å². The van der Waals surface area contributed by atoms with Crippen LogP contribution < -0.4 is 4.74 Å². The van der Waals surface area contributed by atoms with Crippen LogP contribution in [0.25, 0.3) is 11.3 Å². The first-order valence-electron chi connectivity index (χ1n) is 11.0. The Hall–Kier alpha value is -4.25. The van der Waals surface area contributed by atoms with Crippen molar-refractivity contribution in [3.63, 3.8) is 0 Å². The maximum atomic E-state index is 12.4. The molecule has 0 amide bonds. The molecule has 0 aliphatic heterocycles. The van der Waals surface area contributed by atoms with Gasteiger partial charge in [0.1, 0.15) is 5.75 Å². The van der Waals surface area contributed by atoms with E-state index >= 15 is 0 Å². The van der Waals surface area contributed by atoms with Crippen LogP contribution in [0.4, 0.5) is 5.69 Å². The van der Waals surface area contributed by atoms with Crippen LogP contribution in [-0.4, -0.2) is 30.9 Å². The molecule has 3 aromatic carbocycles. The number of methoxy groups -OCH3 is 2. The Morgan fingerprint density at radius 2 is 1.44 bits per heavy atom. The van der Waals surface area contributed by atoms with Crippen molar-refractivity contribution >= 4 is 17.4 Å². The number of aromatic nitrogens is 1. The third-order valence-corrected chi connectivity index (χ3v) is 5.48. The number of rotatable bonds is 6. The molecule has 4 rings (SSSR count). The van der Waals surface area contributed by atoms with Crippen molar-refractivity contribution in [2.75, 3.05) is 14.2 Å². The molecule has 4 aromatic rings. The molecule has 1 aromatic heterocycles. The van der Waals surface area contributed by atoms with Crippen LogP contribution in [0.2, 0.25) is 0 Å². The lowest BCUT2D eigenvalue weighted by Gasteiger charge is -2.18. The van der Waals surface area contributed by atoms with Gasteiger partial charge in [-0.1, -0.05) is 77.9 Å². The molecule has 5 nitrogen and oxygen atoms in total. The van der Waals surface area contributed by atoms with E-state index in [0.29, 0.717) is 22.7 Å². The van der Waals surface area contributed by atoms with Crippen molar-refractivity contribution in [2.24, 2.45) is 4.99 Å². The molecule has 5 heteroatoms. The van der Waals surface area contributed by atoms with Gasteiger partial charge in [-0.15, -0.1) is 0 Å². The maximum absolute atomic E-state index is 12.4. The maximum Gasteiger partial charge on any atom is 0.356 e. The van der Waals surface area contributed by atoms with E-state index in [1.165, 1.54) is 7.11 Å². The fraction of sp³-hybridized carbons (Fsp3) is 0.138. The van der Waals surface area contributed by atoms with Gasteiger partial charge in [0.15, 0.2) is 5.69 Å². The number of aryl methyl sites for hydroxylation is 2. The topological polar surface area (TPSA) is 60.8 Å². The molecule has 0 aliphatic carbocycles. The molecule has 0 atom stereocenters. The summed E-state index contributed by atoms with van der Waals surface area (Å²) in [6.07, 6.45) is 0. The number of hydrogen-bond acceptors (Lipinski definition) is 5. The van der Waals surface area contributed by atoms with Crippen LogP contribution >= 0.6 is 0 Å². The van der Waals surface area contributed by atoms with Crippen LogP contribution in [0.1, 0.15) is 32.7 Å². The zero-order valence-electron chi connectivity index (χ0n) is 19.7. The number of carbonyl (C=O) groups is 1. The highest BCUT2D eigenvalue weighted by Crippen LogP contribution is 2.34. The summed E-state index contributed by atoms with van der Waals surface area (Å²) in [6, 6.07) is 27.5. The Labute approximate surface area is 199 Å². The Morgan fingerprint density at radius 3 is 2.03 bits per heavy atom. The highest BCUT2D eigenvalue weighted by atomic mass is 16.5. The summed E-state index contributed by atoms with van der Waals surface area (Å²) < 4.78 is 10.7. The summed E-state index contributed by atoms with van der Waals surface area (Å²) in [4.78, 5) is 22.2. The van der Waals surface area contributed by atoms with Gasteiger partial charge >= 0.3 is 5.97 Å².